The van der Waals surface area contributed by atoms with Crippen LogP contribution < -0.4 is 11.1 Å². The molecule has 6 rings (SSSR count). The minimum Gasteiger partial charge on any atom is -0.432 e. The standard InChI is InChI=1S/C24H23FN8O3S2/c1-14-21(37-22(26)28-14)38(34,35)32-10-2-3-17(13-32)29-23-27-9-8-18(30-23)20-19(15-4-6-16(25)7-5-15)31-24-33(20)11-12-36-24/h4-9,11-12,17H,2-3,10,13H2,1H3,(H2,26,28)(H,27,29,30)/t17-/m1/s1. The maximum Gasteiger partial charge on any atom is 0.306 e. The number of hydrogen-bond donors (Lipinski definition) is 2. The van der Waals surface area contributed by atoms with Crippen molar-refractivity contribution in [2.24, 2.45) is 0 Å². The zero-order chi connectivity index (χ0) is 26.4. The van der Waals surface area contributed by atoms with Crippen LogP contribution in [0.1, 0.15) is 18.5 Å². The van der Waals surface area contributed by atoms with Crippen molar-refractivity contribution in [2.45, 2.75) is 30.0 Å². The third-order valence-electron chi connectivity index (χ3n) is 6.34. The Labute approximate surface area is 221 Å². The van der Waals surface area contributed by atoms with Crippen LogP contribution in [0.3, 0.4) is 0 Å². The monoisotopic (exact) mass is 554 g/mol. The number of fused-ring (bicyclic) bond motifs is 1. The molecule has 11 nitrogen and oxygen atoms in total. The second kappa shape index (κ2) is 9.45. The molecule has 0 bridgehead atoms. The number of rotatable bonds is 6. The molecule has 1 aliphatic rings. The molecule has 1 saturated heterocycles. The van der Waals surface area contributed by atoms with Gasteiger partial charge in [-0.15, -0.1) is 0 Å². The summed E-state index contributed by atoms with van der Waals surface area (Å²) in [5, 5.41) is 3.52. The zero-order valence-electron chi connectivity index (χ0n) is 20.2. The predicted molar refractivity (Wildman–Crippen MR) is 141 cm³/mol. The Morgan fingerprint density at radius 2 is 2.00 bits per heavy atom. The van der Waals surface area contributed by atoms with Gasteiger partial charge in [0.2, 0.25) is 5.95 Å². The van der Waals surface area contributed by atoms with Crippen LogP contribution in [0.5, 0.6) is 0 Å². The SMILES string of the molecule is Cc1nc(N)sc1S(=O)(=O)N1CCC[C@@H](Nc2nccc(-c3c(-c4ccc(F)cc4)nc4occn34)n2)C1. The summed E-state index contributed by atoms with van der Waals surface area (Å²) in [6.45, 7) is 2.31. The Kier molecular flexibility index (Phi) is 6.08. The minimum atomic E-state index is -3.72. The third kappa shape index (κ3) is 4.40. The summed E-state index contributed by atoms with van der Waals surface area (Å²) in [7, 11) is -3.72. The van der Waals surface area contributed by atoms with E-state index in [-0.39, 0.29) is 27.7 Å². The highest BCUT2D eigenvalue weighted by atomic mass is 32.2. The van der Waals surface area contributed by atoms with Crippen LogP contribution in [-0.2, 0) is 10.0 Å². The number of nitrogens with zero attached hydrogens (tertiary/aromatic N) is 6. The second-order valence-corrected chi connectivity index (χ2v) is 12.1. The maximum absolute atomic E-state index is 13.5. The van der Waals surface area contributed by atoms with E-state index < -0.39 is 10.0 Å². The molecule has 0 aliphatic carbocycles. The quantitative estimate of drug-likeness (QED) is 0.320. The molecule has 0 unspecified atom stereocenters. The van der Waals surface area contributed by atoms with Crippen molar-refractivity contribution in [3.05, 3.63) is 60.5 Å². The molecule has 1 aliphatic heterocycles. The lowest BCUT2D eigenvalue weighted by Gasteiger charge is -2.32. The number of oxazole rings is 1. The zero-order valence-corrected chi connectivity index (χ0v) is 21.8. The van der Waals surface area contributed by atoms with Crippen LogP contribution in [0, 0.1) is 12.7 Å². The van der Waals surface area contributed by atoms with Gasteiger partial charge >= 0.3 is 5.84 Å². The number of nitrogens with two attached hydrogens (primary N) is 1. The Morgan fingerprint density at radius 1 is 1.18 bits per heavy atom. The Morgan fingerprint density at radius 3 is 2.76 bits per heavy atom. The van der Waals surface area contributed by atoms with E-state index >= 15 is 0 Å². The molecular weight excluding hydrogens is 531 g/mol. The molecule has 5 heterocycles. The van der Waals surface area contributed by atoms with Crippen LogP contribution in [0.15, 0.2) is 57.6 Å². The van der Waals surface area contributed by atoms with Gasteiger partial charge in [-0.05, 0) is 50.1 Å². The lowest BCUT2D eigenvalue weighted by atomic mass is 10.1. The lowest BCUT2D eigenvalue weighted by Crippen LogP contribution is -2.45. The number of thiazole rings is 1. The van der Waals surface area contributed by atoms with Gasteiger partial charge in [-0.1, -0.05) is 11.3 Å². The topological polar surface area (TPSA) is 145 Å². The predicted octanol–water partition coefficient (Wildman–Crippen LogP) is 3.80. The van der Waals surface area contributed by atoms with E-state index in [9.17, 15) is 12.8 Å². The minimum absolute atomic E-state index is 0.173. The molecule has 14 heteroatoms. The number of nitrogens with one attached hydrogen (secondary N) is 1. The van der Waals surface area contributed by atoms with Crippen LogP contribution in [0.4, 0.5) is 15.5 Å². The Hall–Kier alpha value is -3.88. The van der Waals surface area contributed by atoms with E-state index in [1.807, 2.05) is 0 Å². The highest BCUT2D eigenvalue weighted by molar-refractivity contribution is 7.91. The van der Waals surface area contributed by atoms with Crippen molar-refractivity contribution in [1.29, 1.82) is 0 Å². The van der Waals surface area contributed by atoms with Crippen molar-refractivity contribution in [3.63, 3.8) is 0 Å². The molecule has 0 spiro atoms. The first-order chi connectivity index (χ1) is 18.3. The van der Waals surface area contributed by atoms with E-state index in [0.29, 0.717) is 53.1 Å². The first kappa shape index (κ1) is 24.5. The molecule has 5 aromatic rings. The molecule has 196 valence electrons. The number of anilines is 2. The van der Waals surface area contributed by atoms with Crippen molar-refractivity contribution in [2.75, 3.05) is 24.1 Å². The van der Waals surface area contributed by atoms with Gasteiger partial charge in [0.1, 0.15) is 23.5 Å². The summed E-state index contributed by atoms with van der Waals surface area (Å²) in [5.74, 6) is 0.386. The molecule has 38 heavy (non-hydrogen) atoms. The van der Waals surface area contributed by atoms with Crippen LogP contribution in [0.2, 0.25) is 0 Å². The van der Waals surface area contributed by atoms with Crippen LogP contribution >= 0.6 is 11.3 Å². The highest BCUT2D eigenvalue weighted by Gasteiger charge is 2.33. The van der Waals surface area contributed by atoms with Gasteiger partial charge in [0.25, 0.3) is 10.0 Å². The summed E-state index contributed by atoms with van der Waals surface area (Å²) in [6.07, 6.45) is 6.31. The van der Waals surface area contributed by atoms with Crippen LogP contribution in [0.25, 0.3) is 28.5 Å². The average molecular weight is 555 g/mol. The van der Waals surface area contributed by atoms with Gasteiger partial charge in [-0.25, -0.2) is 27.8 Å². The van der Waals surface area contributed by atoms with Crippen molar-refractivity contribution in [3.8, 4) is 22.6 Å². The lowest BCUT2D eigenvalue weighted by molar-refractivity contribution is 0.327. The molecule has 0 radical (unpaired) electrons. The summed E-state index contributed by atoms with van der Waals surface area (Å²) < 4.78 is 49.0. The maximum atomic E-state index is 13.5. The van der Waals surface area contributed by atoms with Gasteiger partial charge < -0.3 is 15.5 Å². The number of nitrogen functional groups attached to an aromatic ring is 1. The number of sulfonamides is 1. The number of benzene rings is 1. The van der Waals surface area contributed by atoms with Gasteiger partial charge in [-0.2, -0.15) is 9.29 Å². The van der Waals surface area contributed by atoms with E-state index in [0.717, 1.165) is 17.8 Å². The third-order valence-corrected chi connectivity index (χ3v) is 9.78. The summed E-state index contributed by atoms with van der Waals surface area (Å²) in [5.41, 5.74) is 8.68. The van der Waals surface area contributed by atoms with Crippen molar-refractivity contribution in [1.82, 2.24) is 28.6 Å². The fourth-order valence-corrected chi connectivity index (χ4v) is 7.58. The molecule has 0 amide bonds. The molecule has 1 fully saturated rings. The number of hydrogen-bond acceptors (Lipinski definition) is 10. The van der Waals surface area contributed by atoms with E-state index in [1.54, 1.807) is 41.9 Å². The van der Waals surface area contributed by atoms with Gasteiger partial charge in [0, 0.05) is 37.1 Å². The van der Waals surface area contributed by atoms with Gasteiger partial charge in [0.05, 0.1) is 11.4 Å². The van der Waals surface area contributed by atoms with Crippen LogP contribution in [-0.4, -0.2) is 56.2 Å². The fraction of sp³-hybridized carbons (Fsp3) is 0.250. The number of piperidine rings is 1. The summed E-state index contributed by atoms with van der Waals surface area (Å²) in [6, 6.07) is 7.60. The first-order valence-corrected chi connectivity index (χ1v) is 14.1. The smallest absolute Gasteiger partial charge is 0.306 e. The van der Waals surface area contributed by atoms with E-state index in [1.165, 1.54) is 22.7 Å². The molecule has 1 aromatic carbocycles. The number of imidazole rings is 1. The summed E-state index contributed by atoms with van der Waals surface area (Å²) in [4.78, 5) is 17.7. The molecule has 1 atom stereocenters. The molecule has 3 N–H and O–H groups in total. The number of aryl methyl sites for hydroxylation is 1. The van der Waals surface area contributed by atoms with Gasteiger partial charge in [-0.3, -0.25) is 4.40 Å². The van der Waals surface area contributed by atoms with Crippen molar-refractivity contribution >= 4 is 38.3 Å². The molecule has 4 aromatic heterocycles. The normalized spacial score (nSPS) is 16.7. The van der Waals surface area contributed by atoms with Crippen molar-refractivity contribution < 1.29 is 17.2 Å². The summed E-state index contributed by atoms with van der Waals surface area (Å²) >= 11 is 0.978. The van der Waals surface area contributed by atoms with E-state index in [4.69, 9.17) is 15.1 Å². The Balaban J connectivity index is 1.28. The average Bonchev–Trinajstić information content (AvgIpc) is 3.59. The largest absolute Gasteiger partial charge is 0.432 e. The molecular formula is C24H23FN8O3S2. The number of halogens is 1. The first-order valence-electron chi connectivity index (χ1n) is 11.8. The fourth-order valence-electron chi connectivity index (χ4n) is 4.62. The van der Waals surface area contributed by atoms with E-state index in [2.05, 4.69) is 20.3 Å². The molecule has 0 saturated carbocycles. The Bertz CT molecular complexity index is 1730. The second-order valence-electron chi connectivity index (χ2n) is 8.91. The van der Waals surface area contributed by atoms with Gasteiger partial charge in [0.15, 0.2) is 9.34 Å². The highest BCUT2D eigenvalue weighted by Crippen LogP contribution is 2.33. The number of aromatic nitrogens is 5.